The summed E-state index contributed by atoms with van der Waals surface area (Å²) < 4.78 is 1.11. The second kappa shape index (κ2) is 9.00. The molecular weight excluding hydrogens is 458 g/mol. The monoisotopic (exact) mass is 481 g/mol. The van der Waals surface area contributed by atoms with Crippen LogP contribution in [-0.2, 0) is 0 Å². The average Bonchev–Trinajstić information content (AvgIpc) is 3.53. The Labute approximate surface area is 198 Å². The Bertz CT molecular complexity index is 1300. The molecule has 0 bridgehead atoms. The first-order valence-electron chi connectivity index (χ1n) is 10.6. The van der Waals surface area contributed by atoms with Crippen LogP contribution in [0.25, 0.3) is 20.8 Å². The molecule has 0 radical (unpaired) electrons. The number of thiazole rings is 1. The number of fused-ring (bicyclic) bond motifs is 1. The molecule has 1 amide bonds. The highest BCUT2D eigenvalue weighted by Crippen LogP contribution is 2.33. The first-order chi connectivity index (χ1) is 16.0. The minimum atomic E-state index is -0.468. The molecule has 0 saturated carbocycles. The van der Waals surface area contributed by atoms with Gasteiger partial charge in [-0.1, -0.05) is 11.3 Å². The number of carbonyl (C=O) groups is 1. The summed E-state index contributed by atoms with van der Waals surface area (Å²) in [5.41, 5.74) is 5.37. The van der Waals surface area contributed by atoms with Crippen molar-refractivity contribution in [2.45, 2.75) is 32.4 Å². The third-order valence-electron chi connectivity index (χ3n) is 5.24. The Morgan fingerprint density at radius 3 is 2.91 bits per heavy atom. The third-order valence-corrected chi connectivity index (χ3v) is 6.98. The number of likely N-dealkylation sites (tertiary alicyclic amines) is 1. The maximum Gasteiger partial charge on any atom is 0.284 e. The van der Waals surface area contributed by atoms with Crippen molar-refractivity contribution in [1.82, 2.24) is 25.1 Å². The van der Waals surface area contributed by atoms with Gasteiger partial charge in [-0.05, 0) is 38.5 Å². The van der Waals surface area contributed by atoms with Gasteiger partial charge in [0.05, 0.1) is 27.4 Å². The van der Waals surface area contributed by atoms with E-state index in [-0.39, 0.29) is 11.9 Å². The first kappa shape index (κ1) is 21.7. The third kappa shape index (κ3) is 4.65. The summed E-state index contributed by atoms with van der Waals surface area (Å²) in [5, 5.41) is 25.8. The van der Waals surface area contributed by atoms with E-state index in [2.05, 4.69) is 50.7 Å². The zero-order valence-electron chi connectivity index (χ0n) is 18.1. The number of rotatable bonds is 6. The minimum absolute atomic E-state index is 0.188. The van der Waals surface area contributed by atoms with E-state index in [4.69, 9.17) is 0 Å². The van der Waals surface area contributed by atoms with Crippen molar-refractivity contribution in [2.75, 3.05) is 23.7 Å². The Morgan fingerprint density at radius 1 is 1.24 bits per heavy atom. The van der Waals surface area contributed by atoms with Gasteiger partial charge >= 0.3 is 0 Å². The van der Waals surface area contributed by atoms with Gasteiger partial charge in [0.2, 0.25) is 5.01 Å². The standard InChI is InChI=1S/C22H23N7O2S2/c1-12(2)25-17-8-19(26-13-3-4-16-18(7-13)32-11-24-16)23-9-15(17)20-27-28-21(33-20)22(31)29-6-5-14(30)10-29/h3-4,7-9,11-12,14,30H,5-6,10H2,1-2H3,(H2,23,25,26)/t14-/m0/s1. The van der Waals surface area contributed by atoms with Gasteiger partial charge in [0, 0.05) is 42.8 Å². The van der Waals surface area contributed by atoms with Crippen molar-refractivity contribution in [3.05, 3.63) is 41.0 Å². The smallest absolute Gasteiger partial charge is 0.284 e. The molecule has 1 aliphatic heterocycles. The number of aromatic nitrogens is 4. The molecule has 170 valence electrons. The van der Waals surface area contributed by atoms with Crippen molar-refractivity contribution in [1.29, 1.82) is 0 Å². The van der Waals surface area contributed by atoms with Crippen LogP contribution in [0, 0.1) is 0 Å². The summed E-state index contributed by atoms with van der Waals surface area (Å²) in [6.45, 7) is 4.99. The lowest BCUT2D eigenvalue weighted by molar-refractivity contribution is 0.0763. The number of pyridine rings is 1. The number of carbonyl (C=O) groups excluding carboxylic acids is 1. The maximum atomic E-state index is 12.7. The summed E-state index contributed by atoms with van der Waals surface area (Å²) in [4.78, 5) is 23.2. The molecule has 3 N–H and O–H groups in total. The van der Waals surface area contributed by atoms with Crippen molar-refractivity contribution in [2.24, 2.45) is 0 Å². The number of aliphatic hydroxyl groups excluding tert-OH is 1. The number of β-amino-alcohol motifs (C(OH)–C–C–N with tert-alkyl or cyclic N) is 1. The minimum Gasteiger partial charge on any atom is -0.391 e. The molecular formula is C22H23N7O2S2. The molecule has 0 spiro atoms. The number of hydrogen-bond acceptors (Lipinski definition) is 10. The highest BCUT2D eigenvalue weighted by Gasteiger charge is 2.28. The Hall–Kier alpha value is -3.15. The number of amides is 1. The van der Waals surface area contributed by atoms with E-state index in [9.17, 15) is 9.90 Å². The highest BCUT2D eigenvalue weighted by molar-refractivity contribution is 7.17. The molecule has 1 saturated heterocycles. The number of nitrogens with one attached hydrogen (secondary N) is 2. The van der Waals surface area contributed by atoms with Crippen LogP contribution in [0.15, 0.2) is 36.0 Å². The number of nitrogens with zero attached hydrogens (tertiary/aromatic N) is 5. The molecule has 0 unspecified atom stereocenters. The molecule has 1 fully saturated rings. The summed E-state index contributed by atoms with van der Waals surface area (Å²) >= 11 is 2.83. The highest BCUT2D eigenvalue weighted by atomic mass is 32.1. The SMILES string of the molecule is CC(C)Nc1cc(Nc2ccc3ncsc3c2)ncc1-c1nnc(C(=O)N2CC[C@H](O)C2)s1. The lowest BCUT2D eigenvalue weighted by Gasteiger charge is -2.15. The van der Waals surface area contributed by atoms with Crippen LogP contribution in [0.2, 0.25) is 0 Å². The van der Waals surface area contributed by atoms with E-state index < -0.39 is 6.10 Å². The fraction of sp³-hybridized carbons (Fsp3) is 0.318. The van der Waals surface area contributed by atoms with Crippen molar-refractivity contribution >= 4 is 56.0 Å². The normalized spacial score (nSPS) is 16.0. The van der Waals surface area contributed by atoms with Crippen LogP contribution in [0.5, 0.6) is 0 Å². The Kier molecular flexibility index (Phi) is 5.92. The number of benzene rings is 1. The zero-order chi connectivity index (χ0) is 22.9. The zero-order valence-corrected chi connectivity index (χ0v) is 19.8. The lowest BCUT2D eigenvalue weighted by atomic mass is 10.2. The predicted molar refractivity (Wildman–Crippen MR) is 131 cm³/mol. The van der Waals surface area contributed by atoms with Crippen molar-refractivity contribution < 1.29 is 9.90 Å². The van der Waals surface area contributed by atoms with Crippen LogP contribution in [-0.4, -0.2) is 61.3 Å². The van der Waals surface area contributed by atoms with Gasteiger partial charge < -0.3 is 20.6 Å². The van der Waals surface area contributed by atoms with Crippen LogP contribution in [0.4, 0.5) is 17.2 Å². The van der Waals surface area contributed by atoms with E-state index in [1.807, 2.05) is 23.7 Å². The van der Waals surface area contributed by atoms with E-state index in [0.717, 1.165) is 27.2 Å². The molecule has 33 heavy (non-hydrogen) atoms. The maximum absolute atomic E-state index is 12.7. The average molecular weight is 482 g/mol. The lowest BCUT2D eigenvalue weighted by Crippen LogP contribution is -2.29. The molecule has 1 atom stereocenters. The fourth-order valence-electron chi connectivity index (χ4n) is 3.69. The molecule has 1 aromatic carbocycles. The molecule has 5 rings (SSSR count). The molecule has 11 heteroatoms. The molecule has 4 aromatic rings. The van der Waals surface area contributed by atoms with Gasteiger partial charge in [0.15, 0.2) is 5.01 Å². The van der Waals surface area contributed by atoms with Crippen LogP contribution in [0.1, 0.15) is 30.1 Å². The number of anilines is 3. The van der Waals surface area contributed by atoms with Gasteiger partial charge in [0.25, 0.3) is 5.91 Å². The van der Waals surface area contributed by atoms with Crippen molar-refractivity contribution in [3.8, 4) is 10.6 Å². The van der Waals surface area contributed by atoms with E-state index in [1.54, 1.807) is 22.4 Å². The van der Waals surface area contributed by atoms with Gasteiger partial charge in [-0.15, -0.1) is 21.5 Å². The van der Waals surface area contributed by atoms with Gasteiger partial charge in [-0.2, -0.15) is 0 Å². The largest absolute Gasteiger partial charge is 0.391 e. The van der Waals surface area contributed by atoms with Crippen molar-refractivity contribution in [3.63, 3.8) is 0 Å². The Morgan fingerprint density at radius 2 is 2.12 bits per heavy atom. The fourth-order valence-corrected chi connectivity index (χ4v) is 5.24. The van der Waals surface area contributed by atoms with E-state index >= 15 is 0 Å². The summed E-state index contributed by atoms with van der Waals surface area (Å²) in [6.07, 6.45) is 1.87. The van der Waals surface area contributed by atoms with E-state index in [1.165, 1.54) is 11.3 Å². The Balaban J connectivity index is 1.41. The quantitative estimate of drug-likeness (QED) is 0.379. The molecule has 3 aromatic heterocycles. The molecule has 0 aliphatic carbocycles. The molecule has 1 aliphatic rings. The number of aliphatic hydroxyl groups is 1. The molecule has 4 heterocycles. The summed E-state index contributed by atoms with van der Waals surface area (Å²) in [6, 6.07) is 8.13. The van der Waals surface area contributed by atoms with Gasteiger partial charge in [0.1, 0.15) is 5.82 Å². The number of hydrogen-bond donors (Lipinski definition) is 3. The van der Waals surface area contributed by atoms with Crippen LogP contribution >= 0.6 is 22.7 Å². The second-order valence-corrected chi connectivity index (χ2v) is 10.0. The van der Waals surface area contributed by atoms with Crippen LogP contribution in [0.3, 0.4) is 0 Å². The van der Waals surface area contributed by atoms with E-state index in [0.29, 0.717) is 35.3 Å². The topological polar surface area (TPSA) is 116 Å². The molecule has 9 nitrogen and oxygen atoms in total. The summed E-state index contributed by atoms with van der Waals surface area (Å²) in [7, 11) is 0. The van der Waals surface area contributed by atoms with Crippen LogP contribution < -0.4 is 10.6 Å². The summed E-state index contributed by atoms with van der Waals surface area (Å²) in [5.74, 6) is 0.496. The van der Waals surface area contributed by atoms with Gasteiger partial charge in [-0.3, -0.25) is 4.79 Å². The van der Waals surface area contributed by atoms with Gasteiger partial charge in [-0.25, -0.2) is 9.97 Å². The second-order valence-electron chi connectivity index (χ2n) is 8.18. The first-order valence-corrected chi connectivity index (χ1v) is 12.3. The predicted octanol–water partition coefficient (Wildman–Crippen LogP) is 3.98.